The largest absolute Gasteiger partial charge is 0.469 e. The Morgan fingerprint density at radius 1 is 1.53 bits per heavy atom. The van der Waals surface area contributed by atoms with Crippen molar-refractivity contribution >= 4 is 28.9 Å². The number of hydrogen-bond donors (Lipinski definition) is 0. The predicted molar refractivity (Wildman–Crippen MR) is 72.6 cm³/mol. The first kappa shape index (κ1) is 15.2. The number of carbonyl (C=O) groups excluding carboxylic acids is 1. The van der Waals surface area contributed by atoms with Crippen LogP contribution in [0.5, 0.6) is 0 Å². The fourth-order valence-corrected chi connectivity index (χ4v) is 1.91. The van der Waals surface area contributed by atoms with Gasteiger partial charge in [-0.05, 0) is 18.6 Å². The Hall–Kier alpha value is -1.82. The molecule has 1 aromatic rings. The summed E-state index contributed by atoms with van der Waals surface area (Å²) in [7, 11) is 3.05. The van der Waals surface area contributed by atoms with Crippen LogP contribution in [0.1, 0.15) is 12.8 Å². The van der Waals surface area contributed by atoms with Crippen LogP contribution in [0.15, 0.2) is 18.2 Å². The summed E-state index contributed by atoms with van der Waals surface area (Å²) in [5.41, 5.74) is 0.312. The molecule has 0 N–H and O–H groups in total. The molecule has 0 spiro atoms. The van der Waals surface area contributed by atoms with E-state index in [9.17, 15) is 14.9 Å². The van der Waals surface area contributed by atoms with Crippen molar-refractivity contribution in [3.8, 4) is 0 Å². The highest BCUT2D eigenvalue weighted by Crippen LogP contribution is 2.34. The Morgan fingerprint density at radius 3 is 2.79 bits per heavy atom. The van der Waals surface area contributed by atoms with Crippen molar-refractivity contribution in [1.82, 2.24) is 0 Å². The SMILES string of the molecule is COC(=O)CCCN(C)c1cccc(Cl)c1[N+](=O)[O-]. The lowest BCUT2D eigenvalue weighted by atomic mass is 10.2. The lowest BCUT2D eigenvalue weighted by Crippen LogP contribution is -2.20. The molecule has 0 aromatic heterocycles. The zero-order chi connectivity index (χ0) is 14.4. The smallest absolute Gasteiger partial charge is 0.310 e. The third-order valence-corrected chi connectivity index (χ3v) is 2.97. The first-order valence-corrected chi connectivity index (χ1v) is 6.06. The minimum atomic E-state index is -0.505. The minimum absolute atomic E-state index is 0.0994. The Labute approximate surface area is 116 Å². The number of esters is 1. The zero-order valence-electron chi connectivity index (χ0n) is 10.8. The standard InChI is InChI=1S/C12H15ClN2O4/c1-14(8-4-7-11(16)19-2)10-6-3-5-9(13)12(10)15(17)18/h3,5-6H,4,7-8H2,1-2H3. The van der Waals surface area contributed by atoms with Crippen LogP contribution in [-0.2, 0) is 9.53 Å². The van der Waals surface area contributed by atoms with Gasteiger partial charge < -0.3 is 9.64 Å². The number of methoxy groups -OCH3 is 1. The van der Waals surface area contributed by atoms with Crippen LogP contribution < -0.4 is 4.90 Å². The van der Waals surface area contributed by atoms with Crippen molar-refractivity contribution in [1.29, 1.82) is 0 Å². The molecule has 0 unspecified atom stereocenters. The maximum Gasteiger partial charge on any atom is 0.310 e. The van der Waals surface area contributed by atoms with Crippen molar-refractivity contribution < 1.29 is 14.5 Å². The first-order valence-electron chi connectivity index (χ1n) is 5.68. The summed E-state index contributed by atoms with van der Waals surface area (Å²) in [6, 6.07) is 4.76. The molecule has 104 valence electrons. The molecule has 0 bridgehead atoms. The number of nitrogens with zero attached hydrogens (tertiary/aromatic N) is 2. The average Bonchev–Trinajstić information content (AvgIpc) is 2.37. The lowest BCUT2D eigenvalue weighted by Gasteiger charge is -2.19. The van der Waals surface area contributed by atoms with Crippen LogP contribution in [-0.4, -0.2) is 31.6 Å². The van der Waals surface area contributed by atoms with E-state index in [0.29, 0.717) is 18.7 Å². The molecule has 19 heavy (non-hydrogen) atoms. The van der Waals surface area contributed by atoms with Gasteiger partial charge in [0.25, 0.3) is 0 Å². The summed E-state index contributed by atoms with van der Waals surface area (Å²) in [4.78, 5) is 23.2. The first-order chi connectivity index (χ1) is 8.97. The summed E-state index contributed by atoms with van der Waals surface area (Å²) in [6.45, 7) is 0.496. The van der Waals surface area contributed by atoms with Gasteiger partial charge in [-0.3, -0.25) is 14.9 Å². The van der Waals surface area contributed by atoms with Crippen LogP contribution >= 0.6 is 11.6 Å². The Bertz CT molecular complexity index is 479. The maximum absolute atomic E-state index is 11.0. The predicted octanol–water partition coefficient (Wildman–Crippen LogP) is 2.64. The average molecular weight is 287 g/mol. The van der Waals surface area contributed by atoms with Crippen molar-refractivity contribution in [3.63, 3.8) is 0 Å². The molecule has 0 aliphatic carbocycles. The number of rotatable bonds is 6. The van der Waals surface area contributed by atoms with Crippen LogP contribution in [0.3, 0.4) is 0 Å². The van der Waals surface area contributed by atoms with E-state index in [-0.39, 0.29) is 23.1 Å². The molecule has 7 heteroatoms. The molecule has 0 heterocycles. The number of anilines is 1. The fourth-order valence-electron chi connectivity index (χ4n) is 1.68. The molecule has 0 aliphatic heterocycles. The van der Waals surface area contributed by atoms with Gasteiger partial charge in [0.1, 0.15) is 10.7 Å². The van der Waals surface area contributed by atoms with Gasteiger partial charge >= 0.3 is 11.7 Å². The van der Waals surface area contributed by atoms with E-state index in [2.05, 4.69) is 4.74 Å². The van der Waals surface area contributed by atoms with E-state index in [1.54, 1.807) is 24.1 Å². The maximum atomic E-state index is 11.0. The third kappa shape index (κ3) is 4.10. The highest BCUT2D eigenvalue weighted by atomic mass is 35.5. The van der Waals surface area contributed by atoms with E-state index in [1.807, 2.05) is 0 Å². The number of halogens is 1. The van der Waals surface area contributed by atoms with E-state index in [4.69, 9.17) is 11.6 Å². The Morgan fingerprint density at radius 2 is 2.21 bits per heavy atom. The summed E-state index contributed by atoms with van der Waals surface area (Å²) >= 11 is 5.83. The number of hydrogen-bond acceptors (Lipinski definition) is 5. The third-order valence-electron chi connectivity index (χ3n) is 2.66. The van der Waals surface area contributed by atoms with Gasteiger partial charge in [0, 0.05) is 20.0 Å². The quantitative estimate of drug-likeness (QED) is 0.457. The minimum Gasteiger partial charge on any atom is -0.469 e. The summed E-state index contributed by atoms with van der Waals surface area (Å²) in [6.07, 6.45) is 0.821. The number of nitro benzene ring substituents is 1. The molecule has 0 amide bonds. The van der Waals surface area contributed by atoms with Gasteiger partial charge in [-0.25, -0.2) is 0 Å². The molecule has 1 rings (SSSR count). The van der Waals surface area contributed by atoms with Crippen molar-refractivity contribution in [2.75, 3.05) is 25.6 Å². The second-order valence-corrected chi connectivity index (χ2v) is 4.37. The number of ether oxygens (including phenoxy) is 1. The van der Waals surface area contributed by atoms with Gasteiger partial charge in [0.05, 0.1) is 12.0 Å². The Balaban J connectivity index is 2.77. The van der Waals surface area contributed by atoms with Crippen LogP contribution in [0.4, 0.5) is 11.4 Å². The summed E-state index contributed by atoms with van der Waals surface area (Å²) < 4.78 is 4.53. The molecule has 0 aliphatic rings. The number of nitro groups is 1. The molecule has 1 aromatic carbocycles. The van der Waals surface area contributed by atoms with Crippen molar-refractivity contribution in [2.24, 2.45) is 0 Å². The fraction of sp³-hybridized carbons (Fsp3) is 0.417. The normalized spacial score (nSPS) is 10.1. The monoisotopic (exact) mass is 286 g/mol. The number of carbonyl (C=O) groups is 1. The molecule has 0 saturated carbocycles. The molecule has 0 fully saturated rings. The van der Waals surface area contributed by atoms with Gasteiger partial charge in [-0.2, -0.15) is 0 Å². The van der Waals surface area contributed by atoms with Crippen molar-refractivity contribution in [3.05, 3.63) is 33.3 Å². The molecule has 6 nitrogen and oxygen atoms in total. The van der Waals surface area contributed by atoms with Crippen molar-refractivity contribution in [2.45, 2.75) is 12.8 Å². The highest BCUT2D eigenvalue weighted by molar-refractivity contribution is 6.33. The molecular weight excluding hydrogens is 272 g/mol. The van der Waals surface area contributed by atoms with E-state index in [0.717, 1.165) is 0 Å². The van der Waals surface area contributed by atoms with Gasteiger partial charge in [-0.15, -0.1) is 0 Å². The highest BCUT2D eigenvalue weighted by Gasteiger charge is 2.20. The van der Waals surface area contributed by atoms with E-state index < -0.39 is 4.92 Å². The summed E-state index contributed by atoms with van der Waals surface area (Å²) in [5, 5.41) is 11.1. The van der Waals surface area contributed by atoms with E-state index in [1.165, 1.54) is 13.2 Å². The topological polar surface area (TPSA) is 72.7 Å². The molecule has 0 radical (unpaired) electrons. The summed E-state index contributed by atoms with van der Waals surface area (Å²) in [5.74, 6) is -0.297. The zero-order valence-corrected chi connectivity index (χ0v) is 11.5. The van der Waals surface area contributed by atoms with E-state index >= 15 is 0 Å². The van der Waals surface area contributed by atoms with Crippen LogP contribution in [0, 0.1) is 10.1 Å². The number of para-hydroxylation sites is 1. The second kappa shape index (κ2) is 6.94. The number of benzene rings is 1. The van der Waals surface area contributed by atoms with Crippen LogP contribution in [0.25, 0.3) is 0 Å². The molecule has 0 atom stereocenters. The Kier molecular flexibility index (Phi) is 5.57. The molecule has 0 saturated heterocycles. The van der Waals surface area contributed by atoms with Gasteiger partial charge in [0.2, 0.25) is 0 Å². The van der Waals surface area contributed by atoms with Crippen LogP contribution in [0.2, 0.25) is 5.02 Å². The lowest BCUT2D eigenvalue weighted by molar-refractivity contribution is -0.384. The van der Waals surface area contributed by atoms with Gasteiger partial charge in [0.15, 0.2) is 0 Å². The molecular formula is C12H15ClN2O4. The van der Waals surface area contributed by atoms with Gasteiger partial charge in [-0.1, -0.05) is 17.7 Å². The second-order valence-electron chi connectivity index (χ2n) is 3.97.